The molecule has 1 nitrogen and oxygen atoms in total. The van der Waals surface area contributed by atoms with Crippen LogP contribution >= 0.6 is 0 Å². The molecule has 0 aliphatic heterocycles. The summed E-state index contributed by atoms with van der Waals surface area (Å²) in [6.07, 6.45) is 8.74. The van der Waals surface area contributed by atoms with E-state index >= 15 is 0 Å². The van der Waals surface area contributed by atoms with Gasteiger partial charge in [-0.2, -0.15) is 0 Å². The Morgan fingerprint density at radius 3 is 2.29 bits per heavy atom. The van der Waals surface area contributed by atoms with Gasteiger partial charge >= 0.3 is 0 Å². The van der Waals surface area contributed by atoms with Crippen LogP contribution in [0, 0.1) is 0 Å². The summed E-state index contributed by atoms with van der Waals surface area (Å²) in [5, 5.41) is 3.62. The normalized spacial score (nSPS) is 16.3. The molecule has 2 aliphatic carbocycles. The SMILES string of the molecule is CC1(C)c2cc(NC3=CC=CCC3)ccc2-c2ccc(-c3ccccc3)cc21. The Kier molecular flexibility index (Phi) is 3.98. The van der Waals surface area contributed by atoms with Crippen LogP contribution in [0.5, 0.6) is 0 Å². The molecule has 0 amide bonds. The first-order chi connectivity index (χ1) is 13.6. The Balaban J connectivity index is 1.55. The largest absolute Gasteiger partial charge is 0.359 e. The molecule has 28 heavy (non-hydrogen) atoms. The van der Waals surface area contributed by atoms with E-state index in [4.69, 9.17) is 0 Å². The third-order valence-corrected chi connectivity index (χ3v) is 6.10. The van der Waals surface area contributed by atoms with E-state index in [1.165, 1.54) is 44.8 Å². The van der Waals surface area contributed by atoms with Gasteiger partial charge in [0.1, 0.15) is 0 Å². The summed E-state index contributed by atoms with van der Waals surface area (Å²) in [6, 6.07) is 24.4. The molecule has 0 saturated heterocycles. The molecule has 1 N–H and O–H groups in total. The Labute approximate surface area is 167 Å². The van der Waals surface area contributed by atoms with Crippen molar-refractivity contribution in [3.8, 4) is 22.3 Å². The Morgan fingerprint density at radius 2 is 1.54 bits per heavy atom. The third kappa shape index (κ3) is 2.79. The minimum atomic E-state index is -0.00596. The molecule has 0 atom stereocenters. The number of nitrogens with one attached hydrogen (secondary N) is 1. The van der Waals surface area contributed by atoms with Crippen LogP contribution in [0.1, 0.15) is 37.8 Å². The molecular formula is C27H25N. The molecule has 0 radical (unpaired) electrons. The van der Waals surface area contributed by atoms with Crippen molar-refractivity contribution < 1.29 is 0 Å². The van der Waals surface area contributed by atoms with Crippen molar-refractivity contribution in [1.29, 1.82) is 0 Å². The predicted octanol–water partition coefficient (Wildman–Crippen LogP) is 7.31. The summed E-state index contributed by atoms with van der Waals surface area (Å²) >= 11 is 0. The fourth-order valence-electron chi connectivity index (χ4n) is 4.52. The summed E-state index contributed by atoms with van der Waals surface area (Å²) in [6.45, 7) is 4.69. The molecule has 2 aliphatic rings. The molecular weight excluding hydrogens is 338 g/mol. The molecule has 5 rings (SSSR count). The number of allylic oxidation sites excluding steroid dienone is 4. The number of benzene rings is 3. The van der Waals surface area contributed by atoms with Crippen molar-refractivity contribution in [3.05, 3.63) is 102 Å². The van der Waals surface area contributed by atoms with E-state index in [2.05, 4.69) is 104 Å². The van der Waals surface area contributed by atoms with Crippen LogP contribution in [0.25, 0.3) is 22.3 Å². The molecule has 0 unspecified atom stereocenters. The molecule has 3 aromatic rings. The summed E-state index contributed by atoms with van der Waals surface area (Å²) in [7, 11) is 0. The van der Waals surface area contributed by atoms with Crippen LogP contribution < -0.4 is 5.32 Å². The fraction of sp³-hybridized carbons (Fsp3) is 0.185. The smallest absolute Gasteiger partial charge is 0.0385 e. The minimum Gasteiger partial charge on any atom is -0.359 e. The van der Waals surface area contributed by atoms with Crippen LogP contribution in [0.15, 0.2) is 90.7 Å². The second-order valence-electron chi connectivity index (χ2n) is 8.30. The van der Waals surface area contributed by atoms with Gasteiger partial charge in [0.15, 0.2) is 0 Å². The maximum Gasteiger partial charge on any atom is 0.0385 e. The van der Waals surface area contributed by atoms with E-state index in [1.807, 2.05) is 0 Å². The number of rotatable bonds is 3. The molecule has 0 heterocycles. The van der Waals surface area contributed by atoms with Crippen molar-refractivity contribution in [2.45, 2.75) is 32.1 Å². The lowest BCUT2D eigenvalue weighted by Crippen LogP contribution is -2.15. The van der Waals surface area contributed by atoms with E-state index in [-0.39, 0.29) is 5.41 Å². The average molecular weight is 364 g/mol. The number of hydrogen-bond donors (Lipinski definition) is 1. The van der Waals surface area contributed by atoms with E-state index in [0.29, 0.717) is 0 Å². The van der Waals surface area contributed by atoms with Crippen molar-refractivity contribution in [2.24, 2.45) is 0 Å². The molecule has 3 aromatic carbocycles. The lowest BCUT2D eigenvalue weighted by Gasteiger charge is -2.23. The predicted molar refractivity (Wildman–Crippen MR) is 120 cm³/mol. The van der Waals surface area contributed by atoms with Gasteiger partial charge in [-0.3, -0.25) is 0 Å². The van der Waals surface area contributed by atoms with Gasteiger partial charge in [0.2, 0.25) is 0 Å². The van der Waals surface area contributed by atoms with Gasteiger partial charge in [-0.15, -0.1) is 0 Å². The van der Waals surface area contributed by atoms with Gasteiger partial charge < -0.3 is 5.32 Å². The van der Waals surface area contributed by atoms with E-state index in [9.17, 15) is 0 Å². The first-order valence-electron chi connectivity index (χ1n) is 10.1. The molecule has 138 valence electrons. The fourth-order valence-corrected chi connectivity index (χ4v) is 4.52. The zero-order valence-electron chi connectivity index (χ0n) is 16.5. The van der Waals surface area contributed by atoms with Crippen LogP contribution in [-0.2, 0) is 5.41 Å². The second kappa shape index (κ2) is 6.53. The Hall–Kier alpha value is -3.06. The third-order valence-electron chi connectivity index (χ3n) is 6.10. The zero-order chi connectivity index (χ0) is 19.1. The number of anilines is 1. The van der Waals surface area contributed by atoms with Gasteiger partial charge in [0.05, 0.1) is 0 Å². The highest BCUT2D eigenvalue weighted by atomic mass is 14.9. The zero-order valence-corrected chi connectivity index (χ0v) is 16.5. The highest BCUT2D eigenvalue weighted by Crippen LogP contribution is 2.50. The molecule has 0 spiro atoms. The Morgan fingerprint density at radius 1 is 0.786 bits per heavy atom. The lowest BCUT2D eigenvalue weighted by molar-refractivity contribution is 0.661. The van der Waals surface area contributed by atoms with E-state index in [1.54, 1.807) is 0 Å². The average Bonchev–Trinajstić information content (AvgIpc) is 2.96. The van der Waals surface area contributed by atoms with Gasteiger partial charge in [-0.1, -0.05) is 74.5 Å². The van der Waals surface area contributed by atoms with Gasteiger partial charge in [0.25, 0.3) is 0 Å². The molecule has 1 heteroatoms. The molecule has 0 bridgehead atoms. The molecule has 0 aromatic heterocycles. The standard InChI is InChI=1S/C27H25N/c1-27(2)25-17-20(19-9-5-3-6-10-19)13-15-23(25)24-16-14-22(18-26(24)27)28-21-11-7-4-8-12-21/h3-7,9-11,13-18,28H,8,12H2,1-2H3. The van der Waals surface area contributed by atoms with Crippen LogP contribution in [0.3, 0.4) is 0 Å². The van der Waals surface area contributed by atoms with E-state index in [0.717, 1.165) is 12.8 Å². The second-order valence-corrected chi connectivity index (χ2v) is 8.30. The molecule has 0 fully saturated rings. The Bertz CT molecular complexity index is 1100. The maximum absolute atomic E-state index is 3.62. The maximum atomic E-state index is 3.62. The summed E-state index contributed by atoms with van der Waals surface area (Å²) in [5.41, 5.74) is 10.6. The number of hydrogen-bond acceptors (Lipinski definition) is 1. The first-order valence-corrected chi connectivity index (χ1v) is 10.1. The first kappa shape index (κ1) is 17.1. The lowest BCUT2D eigenvalue weighted by atomic mass is 9.81. The van der Waals surface area contributed by atoms with Crippen molar-refractivity contribution in [3.63, 3.8) is 0 Å². The van der Waals surface area contributed by atoms with Gasteiger partial charge in [-0.25, -0.2) is 0 Å². The highest BCUT2D eigenvalue weighted by Gasteiger charge is 2.35. The summed E-state index contributed by atoms with van der Waals surface area (Å²) in [5.74, 6) is 0. The monoisotopic (exact) mass is 363 g/mol. The minimum absolute atomic E-state index is 0.00596. The van der Waals surface area contributed by atoms with Crippen molar-refractivity contribution >= 4 is 5.69 Å². The van der Waals surface area contributed by atoms with Crippen LogP contribution in [-0.4, -0.2) is 0 Å². The number of fused-ring (bicyclic) bond motifs is 3. The van der Waals surface area contributed by atoms with Crippen molar-refractivity contribution in [1.82, 2.24) is 0 Å². The molecule has 0 saturated carbocycles. The van der Waals surface area contributed by atoms with Gasteiger partial charge in [0, 0.05) is 16.8 Å². The highest BCUT2D eigenvalue weighted by molar-refractivity contribution is 5.85. The quantitative estimate of drug-likeness (QED) is 0.514. The van der Waals surface area contributed by atoms with E-state index < -0.39 is 0 Å². The summed E-state index contributed by atoms with van der Waals surface area (Å²) in [4.78, 5) is 0. The van der Waals surface area contributed by atoms with Gasteiger partial charge in [-0.05, 0) is 70.5 Å². The summed E-state index contributed by atoms with van der Waals surface area (Å²) < 4.78 is 0. The van der Waals surface area contributed by atoms with Crippen LogP contribution in [0.4, 0.5) is 5.69 Å². The van der Waals surface area contributed by atoms with Crippen LogP contribution in [0.2, 0.25) is 0 Å². The topological polar surface area (TPSA) is 12.0 Å². The van der Waals surface area contributed by atoms with Crippen molar-refractivity contribution in [2.75, 3.05) is 5.32 Å².